The van der Waals surface area contributed by atoms with E-state index in [1.807, 2.05) is 60.7 Å². The van der Waals surface area contributed by atoms with Gasteiger partial charge in [0.05, 0.1) is 0 Å². The maximum absolute atomic E-state index is 2.00. The van der Waals surface area contributed by atoms with Gasteiger partial charge in [0.25, 0.3) is 0 Å². The van der Waals surface area contributed by atoms with E-state index in [2.05, 4.69) is 0 Å². The Morgan fingerprint density at radius 3 is 1.17 bits per heavy atom. The van der Waals surface area contributed by atoms with Crippen LogP contribution in [0.1, 0.15) is 0 Å². The quantitative estimate of drug-likeness (QED) is 0.488. The first-order valence-corrected chi connectivity index (χ1v) is 3.33. The Kier molecular flexibility index (Phi) is 12.9. The molecule has 0 atom stereocenters. The van der Waals surface area contributed by atoms with Gasteiger partial charge in [-0.15, -0.1) is 0 Å². The van der Waals surface area contributed by atoms with Crippen molar-refractivity contribution < 1.29 is 35.6 Å². The summed E-state index contributed by atoms with van der Waals surface area (Å²) in [6, 6.07) is 20.0. The van der Waals surface area contributed by atoms with Gasteiger partial charge in [0.15, 0.2) is 0 Å². The smallest absolute Gasteiger partial charge is 0 e. The van der Waals surface area contributed by atoms with Crippen molar-refractivity contribution in [3.05, 3.63) is 60.7 Å². The van der Waals surface area contributed by atoms with Gasteiger partial charge in [0.2, 0.25) is 0 Å². The molecule has 0 heterocycles. The maximum atomic E-state index is 2.00. The molecule has 0 fully saturated rings. The van der Waals surface area contributed by atoms with Crippen molar-refractivity contribution in [1.29, 1.82) is 0 Å². The third-order valence-corrected chi connectivity index (χ3v) is 1.11. The van der Waals surface area contributed by atoms with Crippen LogP contribution in [-0.4, -0.2) is 0 Å². The van der Waals surface area contributed by atoms with E-state index in [1.54, 1.807) is 0 Å². The van der Waals surface area contributed by atoms with E-state index in [4.69, 9.17) is 0 Å². The van der Waals surface area contributed by atoms with Gasteiger partial charge in [-0.1, -0.05) is 0 Å². The van der Waals surface area contributed by atoms with E-state index in [0.717, 1.165) is 0 Å². The summed E-state index contributed by atoms with van der Waals surface area (Å²) in [4.78, 5) is 0. The van der Waals surface area contributed by atoms with Gasteiger partial charge >= 0.3 is 0 Å². The second-order valence-electron chi connectivity index (χ2n) is 1.92. The Labute approximate surface area is 96.1 Å². The van der Waals surface area contributed by atoms with Crippen LogP contribution in [0.2, 0.25) is 0 Å². The fraction of sp³-hybridized carbons (Fsp3) is 0. The molecule has 69 valence electrons. The molecule has 0 bridgehead atoms. The largest absolute Gasteiger partial charge is 0.748 e. The molecule has 2 aromatic carbocycles. The first kappa shape index (κ1) is 14.3. The average molecular weight is 237 g/mol. The van der Waals surface area contributed by atoms with Gasteiger partial charge in [-0.2, -0.15) is 18.2 Å². The molecule has 0 aliphatic carbocycles. The predicted molar refractivity (Wildman–Crippen MR) is 44.1 cm³/mol. The molecule has 0 nitrogen and oxygen atoms in total. The molecule has 0 aliphatic rings. The van der Waals surface area contributed by atoms with Gasteiger partial charge in [0, 0.05) is 35.6 Å². The zero-order chi connectivity index (χ0) is 7.07. The summed E-state index contributed by atoms with van der Waals surface area (Å²) in [5.74, 6) is 0. The second kappa shape index (κ2) is 10.8. The summed E-state index contributed by atoms with van der Waals surface area (Å²) in [6.45, 7) is 0. The van der Waals surface area contributed by atoms with Gasteiger partial charge in [-0.25, -0.2) is 12.1 Å². The molecule has 0 amide bonds. The summed E-state index contributed by atoms with van der Waals surface area (Å²) >= 11 is 0. The molecule has 0 unspecified atom stereocenters. The third-order valence-electron chi connectivity index (χ3n) is 1.11. The van der Waals surface area contributed by atoms with Crippen LogP contribution in [0.15, 0.2) is 60.7 Å². The van der Waals surface area contributed by atoms with Crippen molar-refractivity contribution in [1.82, 2.24) is 0 Å². The van der Waals surface area contributed by atoms with E-state index in [9.17, 15) is 0 Å². The Hall–Kier alpha value is -0.196. The van der Waals surface area contributed by atoms with Crippen molar-refractivity contribution in [3.8, 4) is 0 Å². The normalized spacial score (nSPS) is 6.67. The zero-order valence-electron chi connectivity index (χ0n) is 6.57. The summed E-state index contributed by atoms with van der Waals surface area (Å²) in [6.07, 6.45) is 0. The van der Waals surface area contributed by atoms with Crippen molar-refractivity contribution in [2.75, 3.05) is 0 Å². The SMILES string of the molecule is [Fe].[V].[cH-]1[cH-][cH-][cH-][cH-]1.c1cc[cH-]c1. The van der Waals surface area contributed by atoms with Crippen molar-refractivity contribution in [3.63, 3.8) is 0 Å². The van der Waals surface area contributed by atoms with Gasteiger partial charge in [0.1, 0.15) is 0 Å². The molecular weight excluding hydrogens is 227 g/mol. The van der Waals surface area contributed by atoms with Crippen LogP contribution in [0.5, 0.6) is 0 Å². The Morgan fingerprint density at radius 2 is 1.00 bits per heavy atom. The zero-order valence-corrected chi connectivity index (χ0v) is 9.08. The molecule has 0 aliphatic heterocycles. The summed E-state index contributed by atoms with van der Waals surface area (Å²) < 4.78 is 0. The van der Waals surface area contributed by atoms with Crippen LogP contribution in [0.25, 0.3) is 0 Å². The van der Waals surface area contributed by atoms with Crippen LogP contribution >= 0.6 is 0 Å². The minimum Gasteiger partial charge on any atom is -0.748 e. The predicted octanol–water partition coefficient (Wildman–Crippen LogP) is 2.81. The van der Waals surface area contributed by atoms with Crippen LogP contribution in [0.3, 0.4) is 0 Å². The molecule has 0 aromatic heterocycles. The molecule has 12 heavy (non-hydrogen) atoms. The van der Waals surface area contributed by atoms with Crippen LogP contribution < -0.4 is 0 Å². The Balaban J connectivity index is 0. The molecule has 0 saturated heterocycles. The molecule has 1 radical (unpaired) electrons. The van der Waals surface area contributed by atoms with Crippen molar-refractivity contribution in [2.24, 2.45) is 0 Å². The van der Waals surface area contributed by atoms with Gasteiger partial charge in [-0.3, -0.25) is 0 Å². The summed E-state index contributed by atoms with van der Waals surface area (Å²) in [7, 11) is 0. The fourth-order valence-electron chi connectivity index (χ4n) is 0.642. The third kappa shape index (κ3) is 7.91. The first-order chi connectivity index (χ1) is 5.00. The topological polar surface area (TPSA) is 0 Å². The van der Waals surface area contributed by atoms with Gasteiger partial charge < -0.3 is 30.3 Å². The maximum Gasteiger partial charge on any atom is 0 e. The van der Waals surface area contributed by atoms with Crippen molar-refractivity contribution in [2.45, 2.75) is 0 Å². The molecule has 0 saturated carbocycles. The molecule has 2 aromatic rings. The van der Waals surface area contributed by atoms with E-state index in [-0.39, 0.29) is 35.6 Å². The van der Waals surface area contributed by atoms with E-state index < -0.39 is 0 Å². The van der Waals surface area contributed by atoms with E-state index in [0.29, 0.717) is 0 Å². The average Bonchev–Trinajstić information content (AvgIpc) is 2.67. The van der Waals surface area contributed by atoms with E-state index >= 15 is 0 Å². The van der Waals surface area contributed by atoms with Gasteiger partial charge in [-0.05, 0) is 0 Å². The van der Waals surface area contributed by atoms with Crippen LogP contribution in [0.4, 0.5) is 0 Å². The molecule has 2 heteroatoms. The molecule has 0 spiro atoms. The molecule has 0 N–H and O–H groups in total. The summed E-state index contributed by atoms with van der Waals surface area (Å²) in [5, 5.41) is 0. The van der Waals surface area contributed by atoms with Crippen molar-refractivity contribution >= 4 is 0 Å². The first-order valence-electron chi connectivity index (χ1n) is 3.33. The van der Waals surface area contributed by atoms with Crippen LogP contribution in [0, 0.1) is 0 Å². The molecular formula is C10H10FeV-6. The minimum absolute atomic E-state index is 0. The molecule has 2 rings (SSSR count). The Morgan fingerprint density at radius 1 is 0.667 bits per heavy atom. The fourth-order valence-corrected chi connectivity index (χ4v) is 0.642. The van der Waals surface area contributed by atoms with E-state index in [1.165, 1.54) is 0 Å². The standard InChI is InChI=1S/2C5H5.Fe.V/c2*1-2-4-5-3-1;;/h2*1-5H;;/q-5;-1;;. The van der Waals surface area contributed by atoms with Crippen LogP contribution in [-0.2, 0) is 35.6 Å². The number of hydrogen-bond acceptors (Lipinski definition) is 0. The number of rotatable bonds is 0. The minimum atomic E-state index is 0. The second-order valence-corrected chi connectivity index (χ2v) is 1.92. The monoisotopic (exact) mass is 237 g/mol. The number of hydrogen-bond donors (Lipinski definition) is 0. The summed E-state index contributed by atoms with van der Waals surface area (Å²) in [5.41, 5.74) is 0. The Bertz CT molecular complexity index is 149.